The van der Waals surface area contributed by atoms with Crippen molar-refractivity contribution < 1.29 is 0 Å². The average Bonchev–Trinajstić information content (AvgIpc) is 2.75. The van der Waals surface area contributed by atoms with Crippen LogP contribution in [-0.2, 0) is 5.41 Å². The standard InChI is InChI=1S/C15H15Br2ClS/c1-15(2,3)13-5-4-12(19-13)14(17)9-6-10(16)8-11(18)7-9/h4-8,14H,1-3H3. The van der Waals surface area contributed by atoms with Crippen molar-refractivity contribution in [3.8, 4) is 0 Å². The van der Waals surface area contributed by atoms with Gasteiger partial charge in [0.25, 0.3) is 0 Å². The highest BCUT2D eigenvalue weighted by atomic mass is 79.9. The predicted molar refractivity (Wildman–Crippen MR) is 92.9 cm³/mol. The third kappa shape index (κ3) is 3.84. The molecule has 0 saturated heterocycles. The molecule has 0 bridgehead atoms. The first-order valence-corrected chi connectivity index (χ1v) is 8.88. The van der Waals surface area contributed by atoms with Gasteiger partial charge in [-0.1, -0.05) is 64.2 Å². The van der Waals surface area contributed by atoms with Crippen LogP contribution in [0.5, 0.6) is 0 Å². The van der Waals surface area contributed by atoms with Crippen LogP contribution in [0.25, 0.3) is 0 Å². The van der Waals surface area contributed by atoms with Gasteiger partial charge in [0.15, 0.2) is 0 Å². The first-order valence-electron chi connectivity index (χ1n) is 5.97. The molecule has 0 fully saturated rings. The maximum Gasteiger partial charge on any atom is 0.0739 e. The van der Waals surface area contributed by atoms with Crippen molar-refractivity contribution in [3.63, 3.8) is 0 Å². The molecule has 0 saturated carbocycles. The van der Waals surface area contributed by atoms with Gasteiger partial charge in [-0.05, 0) is 41.3 Å². The van der Waals surface area contributed by atoms with Crippen molar-refractivity contribution in [2.75, 3.05) is 0 Å². The SMILES string of the molecule is CC(C)(C)c1ccc(C(Br)c2cc(Cl)cc(Br)c2)s1. The van der Waals surface area contributed by atoms with Crippen molar-refractivity contribution in [2.45, 2.75) is 31.0 Å². The van der Waals surface area contributed by atoms with E-state index in [0.717, 1.165) is 9.50 Å². The largest absolute Gasteiger partial charge is 0.143 e. The number of hydrogen-bond acceptors (Lipinski definition) is 1. The van der Waals surface area contributed by atoms with Crippen LogP contribution >= 0.6 is 54.8 Å². The molecule has 0 radical (unpaired) electrons. The lowest BCUT2D eigenvalue weighted by Crippen LogP contribution is -2.07. The molecule has 1 heterocycles. The van der Waals surface area contributed by atoms with Crippen molar-refractivity contribution >= 4 is 54.8 Å². The smallest absolute Gasteiger partial charge is 0.0739 e. The lowest BCUT2D eigenvalue weighted by atomic mass is 9.95. The molecule has 2 rings (SSSR count). The summed E-state index contributed by atoms with van der Waals surface area (Å²) in [5, 5.41) is 0.751. The summed E-state index contributed by atoms with van der Waals surface area (Å²) >= 11 is 15.2. The minimum atomic E-state index is 0.184. The number of benzene rings is 1. The molecule has 4 heteroatoms. The molecule has 1 atom stereocenters. The van der Waals surface area contributed by atoms with Gasteiger partial charge < -0.3 is 0 Å². The zero-order valence-electron chi connectivity index (χ0n) is 11.0. The van der Waals surface area contributed by atoms with Gasteiger partial charge in [-0.25, -0.2) is 0 Å². The van der Waals surface area contributed by atoms with Gasteiger partial charge in [0.2, 0.25) is 0 Å². The number of halogens is 3. The molecule has 2 aromatic rings. The average molecular weight is 423 g/mol. The van der Waals surface area contributed by atoms with Crippen LogP contribution < -0.4 is 0 Å². The quantitative estimate of drug-likeness (QED) is 0.460. The molecular weight excluding hydrogens is 407 g/mol. The monoisotopic (exact) mass is 420 g/mol. The summed E-state index contributed by atoms with van der Waals surface area (Å²) in [6.45, 7) is 6.71. The van der Waals surface area contributed by atoms with Crippen LogP contribution in [0.15, 0.2) is 34.8 Å². The maximum atomic E-state index is 6.11. The highest BCUT2D eigenvalue weighted by Gasteiger charge is 2.19. The third-order valence-corrected chi connectivity index (χ3v) is 6.37. The predicted octanol–water partition coefficient (Wildman–Crippen LogP) is 6.95. The number of hydrogen-bond donors (Lipinski definition) is 0. The molecule has 1 aromatic carbocycles. The normalized spacial score (nSPS) is 13.6. The zero-order valence-corrected chi connectivity index (χ0v) is 15.8. The van der Waals surface area contributed by atoms with E-state index in [9.17, 15) is 0 Å². The fraction of sp³-hybridized carbons (Fsp3) is 0.333. The van der Waals surface area contributed by atoms with Crippen LogP contribution in [0.1, 0.15) is 40.9 Å². The molecule has 1 aromatic heterocycles. The van der Waals surface area contributed by atoms with Gasteiger partial charge in [0.1, 0.15) is 0 Å². The van der Waals surface area contributed by atoms with E-state index >= 15 is 0 Å². The Morgan fingerprint density at radius 2 is 1.84 bits per heavy atom. The Kier molecular flexibility index (Phi) is 4.82. The Morgan fingerprint density at radius 1 is 1.16 bits per heavy atom. The second kappa shape index (κ2) is 5.88. The van der Waals surface area contributed by atoms with E-state index < -0.39 is 0 Å². The Bertz CT molecular complexity index is 564. The van der Waals surface area contributed by atoms with Crippen molar-refractivity contribution in [1.29, 1.82) is 0 Å². The Morgan fingerprint density at radius 3 is 2.37 bits per heavy atom. The van der Waals surface area contributed by atoms with Crippen LogP contribution in [0.3, 0.4) is 0 Å². The number of alkyl halides is 1. The Hall–Kier alpha value is 0.170. The lowest BCUT2D eigenvalue weighted by molar-refractivity contribution is 0.604. The van der Waals surface area contributed by atoms with E-state index in [1.807, 2.05) is 23.5 Å². The van der Waals surface area contributed by atoms with Gasteiger partial charge in [-0.2, -0.15) is 0 Å². The summed E-state index contributed by atoms with van der Waals surface area (Å²) in [6.07, 6.45) is 0. The van der Waals surface area contributed by atoms with E-state index in [1.165, 1.54) is 15.3 Å². The summed E-state index contributed by atoms with van der Waals surface area (Å²) in [7, 11) is 0. The fourth-order valence-electron chi connectivity index (χ4n) is 1.78. The van der Waals surface area contributed by atoms with E-state index in [4.69, 9.17) is 11.6 Å². The fourth-order valence-corrected chi connectivity index (χ4v) is 4.43. The third-order valence-electron chi connectivity index (χ3n) is 2.79. The molecule has 0 aliphatic rings. The second-order valence-electron chi connectivity index (χ2n) is 5.52. The summed E-state index contributed by atoms with van der Waals surface area (Å²) in [5.41, 5.74) is 1.37. The van der Waals surface area contributed by atoms with Crippen molar-refractivity contribution in [1.82, 2.24) is 0 Å². The highest BCUT2D eigenvalue weighted by molar-refractivity contribution is 9.10. The molecule has 0 nitrogen and oxygen atoms in total. The molecule has 0 N–H and O–H groups in total. The molecule has 102 valence electrons. The van der Waals surface area contributed by atoms with Crippen LogP contribution in [0.4, 0.5) is 0 Å². The summed E-state index contributed by atoms with van der Waals surface area (Å²) in [4.78, 5) is 2.88. The van der Waals surface area contributed by atoms with Gasteiger partial charge in [-0.3, -0.25) is 0 Å². The van der Waals surface area contributed by atoms with E-state index in [2.05, 4.69) is 70.8 Å². The van der Waals surface area contributed by atoms with Crippen molar-refractivity contribution in [3.05, 3.63) is 55.1 Å². The molecular formula is C15H15Br2ClS. The van der Waals surface area contributed by atoms with E-state index in [1.54, 1.807) is 0 Å². The first-order chi connectivity index (χ1) is 8.77. The zero-order chi connectivity index (χ0) is 14.2. The van der Waals surface area contributed by atoms with Gasteiger partial charge in [0, 0.05) is 19.2 Å². The number of rotatable bonds is 2. The van der Waals surface area contributed by atoms with E-state index in [0.29, 0.717) is 0 Å². The van der Waals surface area contributed by atoms with Gasteiger partial charge in [-0.15, -0.1) is 11.3 Å². The van der Waals surface area contributed by atoms with Crippen LogP contribution in [-0.4, -0.2) is 0 Å². The summed E-state index contributed by atoms with van der Waals surface area (Å²) in [6, 6.07) is 10.4. The minimum absolute atomic E-state index is 0.184. The second-order valence-corrected chi connectivity index (χ2v) is 8.90. The maximum absolute atomic E-state index is 6.11. The Labute approximate surface area is 140 Å². The topological polar surface area (TPSA) is 0 Å². The molecule has 0 amide bonds. The molecule has 0 aliphatic carbocycles. The highest BCUT2D eigenvalue weighted by Crippen LogP contribution is 2.40. The summed E-state index contributed by atoms with van der Waals surface area (Å²) < 4.78 is 1.01. The lowest BCUT2D eigenvalue weighted by Gasteiger charge is -2.16. The van der Waals surface area contributed by atoms with Crippen molar-refractivity contribution in [2.24, 2.45) is 0 Å². The van der Waals surface area contributed by atoms with E-state index in [-0.39, 0.29) is 10.2 Å². The first kappa shape index (κ1) is 15.6. The van der Waals surface area contributed by atoms with Crippen LogP contribution in [0, 0.1) is 0 Å². The minimum Gasteiger partial charge on any atom is -0.143 e. The molecule has 0 aliphatic heterocycles. The molecule has 0 spiro atoms. The van der Waals surface area contributed by atoms with Gasteiger partial charge >= 0.3 is 0 Å². The Balaban J connectivity index is 2.33. The van der Waals surface area contributed by atoms with Gasteiger partial charge in [0.05, 0.1) is 4.83 Å². The van der Waals surface area contributed by atoms with Crippen LogP contribution in [0.2, 0.25) is 5.02 Å². The summed E-state index contributed by atoms with van der Waals surface area (Å²) in [5.74, 6) is 0. The molecule has 1 unspecified atom stereocenters. The number of thiophene rings is 1. The molecule has 19 heavy (non-hydrogen) atoms.